The second-order valence-electron chi connectivity index (χ2n) is 23.7. The van der Waals surface area contributed by atoms with Crippen molar-refractivity contribution in [2.75, 3.05) is 39.9 Å². The van der Waals surface area contributed by atoms with E-state index in [-0.39, 0.29) is 32.4 Å². The van der Waals surface area contributed by atoms with Crippen LogP contribution < -0.4 is 75.7 Å². The Hall–Kier alpha value is -6.85. The second kappa shape index (κ2) is 42.3. The number of likely N-dealkylation sites (N-methyl/N-ethyl adjacent to an activating group) is 1. The van der Waals surface area contributed by atoms with Crippen molar-refractivity contribution < 1.29 is 67.7 Å². The number of esters is 1. The summed E-state index contributed by atoms with van der Waals surface area (Å²) >= 11 is 0. The summed E-state index contributed by atoms with van der Waals surface area (Å²) in [7, 11) is 1.62. The van der Waals surface area contributed by atoms with Crippen LogP contribution in [0.3, 0.4) is 0 Å². The van der Waals surface area contributed by atoms with E-state index in [9.17, 15) is 63.0 Å². The number of aliphatic hydroxyl groups is 2. The zero-order valence-electron chi connectivity index (χ0n) is 54.6. The molecule has 1 aromatic carbocycles. The quantitative estimate of drug-likeness (QED) is 0.0255. The van der Waals surface area contributed by atoms with Gasteiger partial charge < -0.3 is 90.6 Å². The first-order valence-corrected chi connectivity index (χ1v) is 32.1. The molecule has 0 radical (unpaired) electrons. The Balaban J connectivity index is 2.46. The molecule has 0 saturated carbocycles. The van der Waals surface area contributed by atoms with E-state index in [4.69, 9.17) is 21.9 Å². The fourth-order valence-electron chi connectivity index (χ4n) is 9.93. The summed E-state index contributed by atoms with van der Waals surface area (Å²) in [6, 6.07) is -5.41. The van der Waals surface area contributed by atoms with Gasteiger partial charge >= 0.3 is 5.97 Å². The first-order chi connectivity index (χ1) is 42.8. The minimum atomic E-state index is -1.79. The number of carbonyl (C=O) groups is 11. The molecule has 1 fully saturated rings. The number of hydrogen-bond acceptors (Lipinski definition) is 18. The van der Waals surface area contributed by atoms with Crippen molar-refractivity contribution in [2.45, 2.75) is 225 Å². The molecule has 0 aromatic heterocycles. The molecule has 1 aliphatic heterocycles. The number of unbranched alkanes of at least 4 members (excludes halogenated alkanes) is 3. The summed E-state index contributed by atoms with van der Waals surface area (Å²) in [6.45, 7) is 14.1. The van der Waals surface area contributed by atoms with Crippen molar-refractivity contribution in [1.29, 1.82) is 0 Å². The fraction of sp³-hybridized carbons (Fsp3) is 0.726. The number of rotatable bonds is 39. The van der Waals surface area contributed by atoms with E-state index in [1.165, 1.54) is 6.92 Å². The number of cyclic esters (lactones) is 1. The highest BCUT2D eigenvalue weighted by atomic mass is 16.5. The molecule has 16 atom stereocenters. The van der Waals surface area contributed by atoms with Crippen LogP contribution in [0, 0.1) is 23.7 Å². The lowest BCUT2D eigenvalue weighted by Gasteiger charge is -2.31. The van der Waals surface area contributed by atoms with Gasteiger partial charge in [0.05, 0.1) is 19.3 Å². The zero-order valence-corrected chi connectivity index (χ0v) is 54.6. The molecular formula is C62H108N14O14. The number of benzene rings is 1. The van der Waals surface area contributed by atoms with Crippen molar-refractivity contribution in [3.63, 3.8) is 0 Å². The molecule has 28 nitrogen and oxygen atoms in total. The van der Waals surface area contributed by atoms with Crippen molar-refractivity contribution in [3.05, 3.63) is 35.9 Å². The van der Waals surface area contributed by atoms with E-state index in [2.05, 4.69) is 58.5 Å². The fourth-order valence-corrected chi connectivity index (χ4v) is 9.93. The molecular weight excluding hydrogens is 1160 g/mol. The summed E-state index contributed by atoms with van der Waals surface area (Å²) in [5.41, 5.74) is 18.1. The van der Waals surface area contributed by atoms with Gasteiger partial charge in [-0.3, -0.25) is 47.9 Å². The van der Waals surface area contributed by atoms with Crippen LogP contribution in [-0.2, 0) is 63.9 Å². The van der Waals surface area contributed by atoms with Crippen LogP contribution in [0.5, 0.6) is 0 Å². The van der Waals surface area contributed by atoms with E-state index in [1.807, 2.05) is 37.3 Å². The normalized spacial score (nSPS) is 21.0. The molecule has 10 amide bonds. The van der Waals surface area contributed by atoms with Crippen LogP contribution in [0.25, 0.3) is 0 Å². The Labute approximate surface area is 530 Å². The van der Waals surface area contributed by atoms with Gasteiger partial charge in [0.2, 0.25) is 59.1 Å². The third-order valence-electron chi connectivity index (χ3n) is 16.8. The van der Waals surface area contributed by atoms with Crippen LogP contribution >= 0.6 is 0 Å². The van der Waals surface area contributed by atoms with Gasteiger partial charge in [-0.2, -0.15) is 0 Å². The lowest BCUT2D eigenvalue weighted by Crippen LogP contribution is -2.63. The molecule has 0 spiro atoms. The number of hydrogen-bond donors (Lipinski definition) is 16. The number of carbonyl (C=O) groups excluding carboxylic acids is 11. The number of nitrogens with one attached hydrogen (secondary N) is 11. The molecule has 0 unspecified atom stereocenters. The maximum absolute atomic E-state index is 14.5. The van der Waals surface area contributed by atoms with Crippen molar-refractivity contribution in [1.82, 2.24) is 58.5 Å². The highest BCUT2D eigenvalue weighted by Gasteiger charge is 2.41. The highest BCUT2D eigenvalue weighted by Crippen LogP contribution is 2.18. The smallest absolute Gasteiger partial charge is 0.329 e. The van der Waals surface area contributed by atoms with Crippen molar-refractivity contribution >= 4 is 65.0 Å². The number of nitrogens with two attached hydrogens (primary N) is 3. The van der Waals surface area contributed by atoms with Gasteiger partial charge in [0.1, 0.15) is 66.5 Å². The van der Waals surface area contributed by atoms with Crippen LogP contribution in [-0.4, -0.2) is 188 Å². The third-order valence-corrected chi connectivity index (χ3v) is 16.8. The molecule has 19 N–H and O–H groups in total. The predicted molar refractivity (Wildman–Crippen MR) is 339 cm³/mol. The first kappa shape index (κ1) is 79.2. The van der Waals surface area contributed by atoms with Gasteiger partial charge in [0, 0.05) is 0 Å². The molecule has 1 aliphatic rings. The molecule has 1 aromatic rings. The minimum Gasteiger partial charge on any atom is -0.458 e. The maximum atomic E-state index is 14.5. The lowest BCUT2D eigenvalue weighted by atomic mass is 9.94. The summed E-state index contributed by atoms with van der Waals surface area (Å²) in [5.74, 6) is -11.3. The van der Waals surface area contributed by atoms with Gasteiger partial charge in [-0.05, 0) is 127 Å². The monoisotopic (exact) mass is 1270 g/mol. The number of amides is 10. The van der Waals surface area contributed by atoms with E-state index in [1.54, 1.807) is 55.5 Å². The summed E-state index contributed by atoms with van der Waals surface area (Å²) in [5, 5.41) is 50.6. The standard InChI is InChI=1S/C62H108N14O14/c1-11-35(5)47(73-55(82)44(66-10)32-40-24-16-15-17-25-40)58(85)70-45(33-77)56(83)68-42(27-19-22-30-64)53(80)72-49(37(7)13-3)60(87)74-48(36(6)12-2)59(86)71-46(34-78)57(84)76-51-39(9)90-62(89)50(38(8)14-4)75-54(81)43(28-20-23-31-65)67-52(79)41(69-61(51)88)26-18-21-29-63/h15-17,24-25,35-39,41-51,66,77-78H,11-14,18-23,26-34,63-65H2,1-10H3,(H,67,79)(H,68,83)(H,69,88)(H,70,85)(H,71,86)(H,72,80)(H,73,82)(H,74,87)(H,75,81)(H,76,84)/t35-,36-,37-,38-,39-,41-,42+,43-,44+,45-,46-,47-,48-,49+,50-,51+/m0/s1. The molecule has 1 saturated heterocycles. The Bertz CT molecular complexity index is 2440. The number of aliphatic hydroxyl groups excluding tert-OH is 2. The molecule has 28 heteroatoms. The topological polar surface area (TPSA) is 448 Å². The predicted octanol–water partition coefficient (Wildman–Crippen LogP) is -1.83. The van der Waals surface area contributed by atoms with Crippen LogP contribution in [0.1, 0.15) is 151 Å². The van der Waals surface area contributed by atoms with Gasteiger partial charge in [-0.1, -0.05) is 111 Å². The van der Waals surface area contributed by atoms with Crippen molar-refractivity contribution in [2.24, 2.45) is 40.9 Å². The van der Waals surface area contributed by atoms with E-state index >= 15 is 0 Å². The Morgan fingerprint density at radius 1 is 0.522 bits per heavy atom. The average molecular weight is 1270 g/mol. The average Bonchev–Trinajstić information content (AvgIpc) is 2.01. The van der Waals surface area contributed by atoms with Crippen LogP contribution in [0.4, 0.5) is 0 Å². The summed E-state index contributed by atoms with van der Waals surface area (Å²) < 4.78 is 5.81. The molecule has 0 bridgehead atoms. The second-order valence-corrected chi connectivity index (χ2v) is 23.7. The third kappa shape index (κ3) is 25.8. The van der Waals surface area contributed by atoms with Crippen LogP contribution in [0.2, 0.25) is 0 Å². The number of ether oxygens (including phenoxy) is 1. The Morgan fingerprint density at radius 3 is 1.39 bits per heavy atom. The van der Waals surface area contributed by atoms with E-state index < -0.39 is 174 Å². The highest BCUT2D eigenvalue weighted by molar-refractivity contribution is 5.99. The molecule has 0 aliphatic carbocycles. The SMILES string of the molecule is CC[C@H](C)[C@H](NC(=O)[C@@H](Cc1ccccc1)NC)C(=O)N[C@@H](CO)C(=O)N[C@H](CCCCN)C(=O)N[C@@H](C(=O)N[C@H](C(=O)N[C@@H](CO)C(=O)N[C@H]1C(=O)N[C@@H](CCCCN)C(=O)N[C@@H](CCCCN)C(=O)N[C@@H]([C@@H](C)CC)C(=O)O[C@H]1C)[C@@H](C)CC)[C@@H](C)CC. The summed E-state index contributed by atoms with van der Waals surface area (Å²) in [6.07, 6.45) is 3.15. The Kier molecular flexibility index (Phi) is 37.2. The van der Waals surface area contributed by atoms with Crippen molar-refractivity contribution in [3.8, 4) is 0 Å². The molecule has 2 rings (SSSR count). The summed E-state index contributed by atoms with van der Waals surface area (Å²) in [4.78, 5) is 155. The van der Waals surface area contributed by atoms with E-state index in [0.29, 0.717) is 77.2 Å². The van der Waals surface area contributed by atoms with Gasteiger partial charge in [0.25, 0.3) is 0 Å². The Morgan fingerprint density at radius 2 is 0.933 bits per heavy atom. The van der Waals surface area contributed by atoms with E-state index in [0.717, 1.165) is 5.56 Å². The zero-order chi connectivity index (χ0) is 67.6. The van der Waals surface area contributed by atoms with Gasteiger partial charge in [-0.25, -0.2) is 4.79 Å². The molecule has 1 heterocycles. The molecule has 510 valence electrons. The lowest BCUT2D eigenvalue weighted by molar-refractivity contribution is -0.157. The van der Waals surface area contributed by atoms with Crippen LogP contribution in [0.15, 0.2) is 30.3 Å². The minimum absolute atomic E-state index is 0.0121. The van der Waals surface area contributed by atoms with Gasteiger partial charge in [-0.15, -0.1) is 0 Å². The van der Waals surface area contributed by atoms with Gasteiger partial charge in [0.15, 0.2) is 0 Å². The largest absolute Gasteiger partial charge is 0.458 e. The maximum Gasteiger partial charge on any atom is 0.329 e. The molecule has 90 heavy (non-hydrogen) atoms. The first-order valence-electron chi connectivity index (χ1n) is 32.1.